The highest BCUT2D eigenvalue weighted by Gasteiger charge is 2.10. The Labute approximate surface area is 139 Å². The molecule has 1 N–H and O–H groups in total. The van der Waals surface area contributed by atoms with Crippen LogP contribution in [0.15, 0.2) is 30.3 Å². The zero-order valence-corrected chi connectivity index (χ0v) is 14.7. The highest BCUT2D eigenvalue weighted by atomic mass is 16.5. The zero-order valence-electron chi connectivity index (χ0n) is 14.7. The van der Waals surface area contributed by atoms with Crippen molar-refractivity contribution in [1.82, 2.24) is 9.88 Å². The normalized spacial score (nSPS) is 11.0. The number of methoxy groups -OCH3 is 1. The van der Waals surface area contributed by atoms with Crippen molar-refractivity contribution in [3.63, 3.8) is 0 Å². The first-order valence-corrected chi connectivity index (χ1v) is 8.28. The predicted octanol–water partition coefficient (Wildman–Crippen LogP) is 3.62. The Morgan fingerprint density at radius 3 is 2.52 bits per heavy atom. The minimum absolute atomic E-state index is 0.694. The van der Waals surface area contributed by atoms with Gasteiger partial charge in [-0.3, -0.25) is 0 Å². The Morgan fingerprint density at radius 1 is 1.13 bits per heavy atom. The summed E-state index contributed by atoms with van der Waals surface area (Å²) in [5.41, 5.74) is 5.05. The van der Waals surface area contributed by atoms with E-state index in [1.54, 1.807) is 7.11 Å². The summed E-state index contributed by atoms with van der Waals surface area (Å²) in [6.45, 7) is 9.69. The molecule has 0 unspecified atom stereocenters. The lowest BCUT2D eigenvalue weighted by Crippen LogP contribution is -2.16. The molecule has 0 aliphatic heterocycles. The molecular weight excluding hydrogens is 288 g/mol. The largest absolute Gasteiger partial charge is 0.494 e. The van der Waals surface area contributed by atoms with Gasteiger partial charge in [0, 0.05) is 37.3 Å². The molecule has 23 heavy (non-hydrogen) atoms. The van der Waals surface area contributed by atoms with Gasteiger partial charge in [0.25, 0.3) is 0 Å². The maximum atomic E-state index is 5.52. The molecule has 0 atom stereocenters. The van der Waals surface area contributed by atoms with Crippen LogP contribution in [-0.4, -0.2) is 31.4 Å². The van der Waals surface area contributed by atoms with Crippen molar-refractivity contribution >= 4 is 0 Å². The average molecular weight is 316 g/mol. The Morgan fingerprint density at radius 2 is 1.87 bits per heavy atom. The maximum absolute atomic E-state index is 5.52. The summed E-state index contributed by atoms with van der Waals surface area (Å²) in [4.78, 5) is 0. The molecule has 0 fully saturated rings. The molecule has 2 aromatic rings. The quantitative estimate of drug-likeness (QED) is 0.718. The average Bonchev–Trinajstić information content (AvgIpc) is 2.83. The fraction of sp³-hybridized carbons (Fsp3) is 0.474. The van der Waals surface area contributed by atoms with Crippen molar-refractivity contribution in [2.24, 2.45) is 0 Å². The van der Waals surface area contributed by atoms with Crippen LogP contribution in [0.3, 0.4) is 0 Å². The van der Waals surface area contributed by atoms with Gasteiger partial charge in [-0.25, -0.2) is 0 Å². The molecule has 1 aromatic heterocycles. The van der Waals surface area contributed by atoms with Gasteiger partial charge in [0.15, 0.2) is 0 Å². The molecule has 0 amide bonds. The van der Waals surface area contributed by atoms with Crippen LogP contribution in [-0.2, 0) is 11.3 Å². The molecule has 4 nitrogen and oxygen atoms in total. The minimum Gasteiger partial charge on any atom is -0.494 e. The lowest BCUT2D eigenvalue weighted by Gasteiger charge is -2.11. The molecule has 0 bridgehead atoms. The number of nitrogens with one attached hydrogen (secondary N) is 1. The van der Waals surface area contributed by atoms with Gasteiger partial charge in [-0.05, 0) is 69.6 Å². The molecule has 0 spiro atoms. The van der Waals surface area contributed by atoms with E-state index in [4.69, 9.17) is 9.47 Å². The summed E-state index contributed by atoms with van der Waals surface area (Å²) in [7, 11) is 1.74. The van der Waals surface area contributed by atoms with E-state index in [1.165, 1.54) is 22.6 Å². The number of hydrogen-bond acceptors (Lipinski definition) is 3. The Balaban J connectivity index is 2.07. The van der Waals surface area contributed by atoms with Crippen molar-refractivity contribution < 1.29 is 9.47 Å². The summed E-state index contributed by atoms with van der Waals surface area (Å²) in [5.74, 6) is 0.916. The summed E-state index contributed by atoms with van der Waals surface area (Å²) in [6, 6.07) is 10.5. The molecule has 4 heteroatoms. The van der Waals surface area contributed by atoms with E-state index in [9.17, 15) is 0 Å². The Bertz CT molecular complexity index is 603. The van der Waals surface area contributed by atoms with Crippen molar-refractivity contribution in [2.45, 2.75) is 33.7 Å². The maximum Gasteiger partial charge on any atom is 0.119 e. The summed E-state index contributed by atoms with van der Waals surface area (Å²) < 4.78 is 12.9. The molecule has 1 aromatic carbocycles. The first kappa shape index (κ1) is 17.6. The molecule has 126 valence electrons. The van der Waals surface area contributed by atoms with Gasteiger partial charge in [0.2, 0.25) is 0 Å². The standard InChI is InChI=1S/C19H28N2O2/c1-5-23-19-9-7-18(8-10-19)21-15(2)13-17(16(21)3)14-20-11-6-12-22-4/h7-10,13,20H,5-6,11-12,14H2,1-4H3. The van der Waals surface area contributed by atoms with Crippen molar-refractivity contribution in [3.05, 3.63) is 47.3 Å². The van der Waals surface area contributed by atoms with Gasteiger partial charge in [0.05, 0.1) is 6.61 Å². The lowest BCUT2D eigenvalue weighted by atomic mass is 10.2. The van der Waals surface area contributed by atoms with Crippen LogP contribution in [0.4, 0.5) is 0 Å². The van der Waals surface area contributed by atoms with E-state index < -0.39 is 0 Å². The summed E-state index contributed by atoms with van der Waals surface area (Å²) in [5, 5.41) is 3.48. The Kier molecular flexibility index (Phi) is 6.68. The third-order valence-electron chi connectivity index (χ3n) is 3.96. The zero-order chi connectivity index (χ0) is 16.7. The molecule has 1 heterocycles. The minimum atomic E-state index is 0.694. The van der Waals surface area contributed by atoms with Crippen molar-refractivity contribution in [2.75, 3.05) is 26.9 Å². The molecule has 0 saturated heterocycles. The van der Waals surface area contributed by atoms with Crippen LogP contribution in [0.1, 0.15) is 30.3 Å². The van der Waals surface area contributed by atoms with Crippen molar-refractivity contribution in [3.8, 4) is 11.4 Å². The third kappa shape index (κ3) is 4.60. The van der Waals surface area contributed by atoms with Gasteiger partial charge < -0.3 is 19.4 Å². The van der Waals surface area contributed by atoms with Crippen LogP contribution < -0.4 is 10.1 Å². The monoisotopic (exact) mass is 316 g/mol. The highest BCUT2D eigenvalue weighted by Crippen LogP contribution is 2.22. The van der Waals surface area contributed by atoms with E-state index in [1.807, 2.05) is 19.1 Å². The van der Waals surface area contributed by atoms with E-state index in [0.717, 1.165) is 31.9 Å². The molecule has 2 rings (SSSR count). The predicted molar refractivity (Wildman–Crippen MR) is 94.6 cm³/mol. The number of benzene rings is 1. The second-order valence-electron chi connectivity index (χ2n) is 5.68. The number of rotatable bonds is 9. The summed E-state index contributed by atoms with van der Waals surface area (Å²) >= 11 is 0. The van der Waals surface area contributed by atoms with E-state index in [0.29, 0.717) is 6.61 Å². The van der Waals surface area contributed by atoms with Crippen LogP contribution in [0.25, 0.3) is 5.69 Å². The number of nitrogens with zero attached hydrogens (tertiary/aromatic N) is 1. The molecule has 0 aliphatic rings. The number of aryl methyl sites for hydroxylation is 1. The number of hydrogen-bond donors (Lipinski definition) is 1. The first-order chi connectivity index (χ1) is 11.2. The molecular formula is C19H28N2O2. The van der Waals surface area contributed by atoms with Gasteiger partial charge in [-0.15, -0.1) is 0 Å². The third-order valence-corrected chi connectivity index (χ3v) is 3.96. The highest BCUT2D eigenvalue weighted by molar-refractivity contribution is 5.43. The fourth-order valence-electron chi connectivity index (χ4n) is 2.83. The second-order valence-corrected chi connectivity index (χ2v) is 5.68. The first-order valence-electron chi connectivity index (χ1n) is 8.28. The topological polar surface area (TPSA) is 35.4 Å². The van der Waals surface area contributed by atoms with Gasteiger partial charge in [-0.2, -0.15) is 0 Å². The van der Waals surface area contributed by atoms with E-state index in [2.05, 4.69) is 41.9 Å². The fourth-order valence-corrected chi connectivity index (χ4v) is 2.83. The summed E-state index contributed by atoms with van der Waals surface area (Å²) in [6.07, 6.45) is 1.04. The second kappa shape index (κ2) is 8.75. The lowest BCUT2D eigenvalue weighted by molar-refractivity contribution is 0.194. The van der Waals surface area contributed by atoms with Crippen LogP contribution >= 0.6 is 0 Å². The van der Waals surface area contributed by atoms with Crippen LogP contribution in [0, 0.1) is 13.8 Å². The molecule has 0 aliphatic carbocycles. The number of ether oxygens (including phenoxy) is 2. The molecule has 0 radical (unpaired) electrons. The van der Waals surface area contributed by atoms with Crippen LogP contribution in [0.2, 0.25) is 0 Å². The van der Waals surface area contributed by atoms with Crippen LogP contribution in [0.5, 0.6) is 5.75 Å². The SMILES string of the molecule is CCOc1ccc(-n2c(C)cc(CNCCCOC)c2C)cc1. The van der Waals surface area contributed by atoms with Gasteiger partial charge >= 0.3 is 0 Å². The van der Waals surface area contributed by atoms with E-state index in [-0.39, 0.29) is 0 Å². The smallest absolute Gasteiger partial charge is 0.119 e. The van der Waals surface area contributed by atoms with Gasteiger partial charge in [0.1, 0.15) is 5.75 Å². The molecule has 0 saturated carbocycles. The number of aromatic nitrogens is 1. The van der Waals surface area contributed by atoms with E-state index >= 15 is 0 Å². The Hall–Kier alpha value is -1.78. The van der Waals surface area contributed by atoms with Crippen molar-refractivity contribution in [1.29, 1.82) is 0 Å². The van der Waals surface area contributed by atoms with Gasteiger partial charge in [-0.1, -0.05) is 0 Å².